The van der Waals surface area contributed by atoms with Crippen molar-refractivity contribution in [3.8, 4) is 0 Å². The Morgan fingerprint density at radius 3 is 2.94 bits per heavy atom. The predicted molar refractivity (Wildman–Crippen MR) is 61.6 cm³/mol. The van der Waals surface area contributed by atoms with Crippen LogP contribution in [-0.4, -0.2) is 23.2 Å². The van der Waals surface area contributed by atoms with Crippen LogP contribution in [0.2, 0.25) is 0 Å². The summed E-state index contributed by atoms with van der Waals surface area (Å²) in [6.45, 7) is 3.63. The maximum absolute atomic E-state index is 11.5. The van der Waals surface area contributed by atoms with Gasteiger partial charge in [0.15, 0.2) is 0 Å². The van der Waals surface area contributed by atoms with Crippen molar-refractivity contribution in [3.63, 3.8) is 0 Å². The largest absolute Gasteiger partial charge is 0.381 e. The topological polar surface area (TPSA) is 55.0 Å². The number of hydrogen-bond acceptors (Lipinski definition) is 3. The van der Waals surface area contributed by atoms with Gasteiger partial charge in [-0.1, -0.05) is 13.3 Å². The second-order valence-electron chi connectivity index (χ2n) is 4.26. The first-order chi connectivity index (χ1) is 7.79. The molecule has 0 unspecified atom stereocenters. The number of hydrogen-bond donors (Lipinski definition) is 1. The predicted octanol–water partition coefficient (Wildman–Crippen LogP) is 1.62. The summed E-state index contributed by atoms with van der Waals surface area (Å²) in [6, 6.07) is 1.60. The third-order valence-electron chi connectivity index (χ3n) is 2.93. The van der Waals surface area contributed by atoms with Crippen molar-refractivity contribution < 1.29 is 4.74 Å². The molecule has 4 heteroatoms. The standard InChI is InChI=1S/C12H18N2O2/c1-2-3-10-8-11(15)14-12(13-10)9-4-6-16-7-5-9/h8-9H,2-7H2,1H3,(H,13,14,15). The Bertz CT molecular complexity index is 394. The zero-order valence-electron chi connectivity index (χ0n) is 9.66. The van der Waals surface area contributed by atoms with E-state index in [1.54, 1.807) is 6.07 Å². The molecule has 1 aliphatic rings. The van der Waals surface area contributed by atoms with E-state index in [2.05, 4.69) is 16.9 Å². The molecule has 4 nitrogen and oxygen atoms in total. The average molecular weight is 222 g/mol. The summed E-state index contributed by atoms with van der Waals surface area (Å²) in [5.41, 5.74) is 0.882. The molecule has 16 heavy (non-hydrogen) atoms. The van der Waals surface area contributed by atoms with Gasteiger partial charge in [0.1, 0.15) is 5.82 Å². The zero-order valence-corrected chi connectivity index (χ0v) is 9.66. The highest BCUT2D eigenvalue weighted by atomic mass is 16.5. The van der Waals surface area contributed by atoms with Gasteiger partial charge in [-0.15, -0.1) is 0 Å². The maximum Gasteiger partial charge on any atom is 0.251 e. The molecule has 0 saturated carbocycles. The molecule has 0 aliphatic carbocycles. The summed E-state index contributed by atoms with van der Waals surface area (Å²) in [5, 5.41) is 0. The molecule has 0 radical (unpaired) electrons. The van der Waals surface area contributed by atoms with Crippen LogP contribution >= 0.6 is 0 Å². The van der Waals surface area contributed by atoms with Crippen molar-refractivity contribution in [2.45, 2.75) is 38.5 Å². The molecule has 1 aliphatic heterocycles. The minimum Gasteiger partial charge on any atom is -0.381 e. The van der Waals surface area contributed by atoms with E-state index in [9.17, 15) is 4.79 Å². The van der Waals surface area contributed by atoms with Crippen LogP contribution in [0.3, 0.4) is 0 Å². The first kappa shape index (κ1) is 11.3. The third kappa shape index (κ3) is 2.70. The first-order valence-corrected chi connectivity index (χ1v) is 5.97. The lowest BCUT2D eigenvalue weighted by Crippen LogP contribution is -2.21. The van der Waals surface area contributed by atoms with Gasteiger partial charge >= 0.3 is 0 Å². The Morgan fingerprint density at radius 1 is 1.50 bits per heavy atom. The molecule has 1 N–H and O–H groups in total. The number of aryl methyl sites for hydroxylation is 1. The van der Waals surface area contributed by atoms with E-state index in [4.69, 9.17) is 4.74 Å². The fourth-order valence-electron chi connectivity index (χ4n) is 2.08. The number of H-pyrrole nitrogens is 1. The number of aromatic nitrogens is 2. The van der Waals surface area contributed by atoms with Crippen LogP contribution < -0.4 is 5.56 Å². The van der Waals surface area contributed by atoms with Crippen molar-refractivity contribution in [3.05, 3.63) is 27.9 Å². The molecule has 2 rings (SSSR count). The quantitative estimate of drug-likeness (QED) is 0.845. The van der Waals surface area contributed by atoms with E-state index in [1.807, 2.05) is 0 Å². The molecule has 0 bridgehead atoms. The lowest BCUT2D eigenvalue weighted by Gasteiger charge is -2.21. The van der Waals surface area contributed by atoms with Crippen LogP contribution in [0, 0.1) is 0 Å². The summed E-state index contributed by atoms with van der Waals surface area (Å²) in [6.07, 6.45) is 3.81. The number of nitrogens with zero attached hydrogens (tertiary/aromatic N) is 1. The van der Waals surface area contributed by atoms with Crippen LogP contribution in [0.25, 0.3) is 0 Å². The number of ether oxygens (including phenoxy) is 1. The van der Waals surface area contributed by atoms with Crippen molar-refractivity contribution in [1.82, 2.24) is 9.97 Å². The molecular weight excluding hydrogens is 204 g/mol. The van der Waals surface area contributed by atoms with Gasteiger partial charge in [-0.2, -0.15) is 0 Å². The normalized spacial score (nSPS) is 17.6. The van der Waals surface area contributed by atoms with Crippen LogP contribution in [0.15, 0.2) is 10.9 Å². The minimum atomic E-state index is -0.0278. The first-order valence-electron chi connectivity index (χ1n) is 5.97. The van der Waals surface area contributed by atoms with Crippen LogP contribution in [0.5, 0.6) is 0 Å². The molecular formula is C12H18N2O2. The van der Waals surface area contributed by atoms with Gasteiger partial charge < -0.3 is 9.72 Å². The highest BCUT2D eigenvalue weighted by molar-refractivity contribution is 5.06. The molecule has 0 aromatic carbocycles. The summed E-state index contributed by atoms with van der Waals surface area (Å²) in [5.74, 6) is 1.21. The van der Waals surface area contributed by atoms with E-state index in [-0.39, 0.29) is 5.56 Å². The Kier molecular flexibility index (Phi) is 3.72. The average Bonchev–Trinajstić information content (AvgIpc) is 2.30. The lowest BCUT2D eigenvalue weighted by atomic mass is 9.99. The zero-order chi connectivity index (χ0) is 11.4. The van der Waals surface area contributed by atoms with E-state index >= 15 is 0 Å². The Hall–Kier alpha value is -1.16. The number of nitrogens with one attached hydrogen (secondary N) is 1. The molecule has 0 atom stereocenters. The van der Waals surface area contributed by atoms with Gasteiger partial charge in [-0.25, -0.2) is 4.98 Å². The lowest BCUT2D eigenvalue weighted by molar-refractivity contribution is 0.0835. The second kappa shape index (κ2) is 5.25. The molecule has 88 valence electrons. The summed E-state index contributed by atoms with van der Waals surface area (Å²) < 4.78 is 5.31. The van der Waals surface area contributed by atoms with Crippen LogP contribution in [-0.2, 0) is 11.2 Å². The molecule has 1 saturated heterocycles. The second-order valence-corrected chi connectivity index (χ2v) is 4.26. The number of rotatable bonds is 3. The van der Waals surface area contributed by atoms with Gasteiger partial charge in [-0.05, 0) is 19.3 Å². The molecule has 0 amide bonds. The molecule has 1 aromatic heterocycles. The summed E-state index contributed by atoms with van der Waals surface area (Å²) >= 11 is 0. The van der Waals surface area contributed by atoms with Gasteiger partial charge in [0.05, 0.1) is 0 Å². The van der Waals surface area contributed by atoms with E-state index in [0.717, 1.165) is 50.4 Å². The van der Waals surface area contributed by atoms with Gasteiger partial charge in [0.2, 0.25) is 0 Å². The van der Waals surface area contributed by atoms with E-state index in [1.165, 1.54) is 0 Å². The summed E-state index contributed by atoms with van der Waals surface area (Å²) in [4.78, 5) is 18.9. The van der Waals surface area contributed by atoms with E-state index < -0.39 is 0 Å². The van der Waals surface area contributed by atoms with Crippen molar-refractivity contribution in [2.75, 3.05) is 13.2 Å². The minimum absolute atomic E-state index is 0.0278. The van der Waals surface area contributed by atoms with Gasteiger partial charge in [0.25, 0.3) is 5.56 Å². The van der Waals surface area contributed by atoms with Crippen LogP contribution in [0.4, 0.5) is 0 Å². The van der Waals surface area contributed by atoms with Crippen molar-refractivity contribution in [2.24, 2.45) is 0 Å². The van der Waals surface area contributed by atoms with Gasteiger partial charge in [0, 0.05) is 30.9 Å². The van der Waals surface area contributed by atoms with Crippen molar-refractivity contribution in [1.29, 1.82) is 0 Å². The fourth-order valence-corrected chi connectivity index (χ4v) is 2.08. The Labute approximate surface area is 95.1 Å². The highest BCUT2D eigenvalue weighted by Gasteiger charge is 2.18. The summed E-state index contributed by atoms with van der Waals surface area (Å²) in [7, 11) is 0. The molecule has 2 heterocycles. The molecule has 0 spiro atoms. The van der Waals surface area contributed by atoms with Gasteiger partial charge in [-0.3, -0.25) is 4.79 Å². The smallest absolute Gasteiger partial charge is 0.251 e. The maximum atomic E-state index is 11.5. The third-order valence-corrected chi connectivity index (χ3v) is 2.93. The molecule has 1 fully saturated rings. The fraction of sp³-hybridized carbons (Fsp3) is 0.667. The Morgan fingerprint density at radius 2 is 2.25 bits per heavy atom. The van der Waals surface area contributed by atoms with E-state index in [0.29, 0.717) is 5.92 Å². The number of aromatic amines is 1. The van der Waals surface area contributed by atoms with Crippen molar-refractivity contribution >= 4 is 0 Å². The molecule has 1 aromatic rings. The SMILES string of the molecule is CCCc1cc(=O)[nH]c(C2CCOCC2)n1. The highest BCUT2D eigenvalue weighted by Crippen LogP contribution is 2.23. The Balaban J connectivity index is 2.21. The van der Waals surface area contributed by atoms with Crippen LogP contribution in [0.1, 0.15) is 43.6 Å². The monoisotopic (exact) mass is 222 g/mol.